The Labute approximate surface area is 141 Å². The number of amides is 1. The summed E-state index contributed by atoms with van der Waals surface area (Å²) < 4.78 is 2.21. The summed E-state index contributed by atoms with van der Waals surface area (Å²) in [6.07, 6.45) is 11.1. The van der Waals surface area contributed by atoms with Gasteiger partial charge in [0.05, 0.1) is 16.6 Å². The molecular weight excluding hydrogens is 306 g/mol. The maximum atomic E-state index is 12.5. The Balaban J connectivity index is 1.60. The van der Waals surface area contributed by atoms with E-state index in [0.29, 0.717) is 12.1 Å². The van der Waals surface area contributed by atoms with E-state index in [1.54, 1.807) is 11.3 Å². The van der Waals surface area contributed by atoms with Crippen molar-refractivity contribution in [2.24, 2.45) is 0 Å². The molecule has 2 aromatic heterocycles. The van der Waals surface area contributed by atoms with Gasteiger partial charge in [-0.25, -0.2) is 0 Å². The van der Waals surface area contributed by atoms with Crippen molar-refractivity contribution in [3.8, 4) is 0 Å². The third-order valence-electron chi connectivity index (χ3n) is 5.40. The first-order valence-electron chi connectivity index (χ1n) is 9.02. The van der Waals surface area contributed by atoms with Gasteiger partial charge in [-0.2, -0.15) is 5.10 Å². The molecule has 2 saturated carbocycles. The number of aryl methyl sites for hydroxylation is 1. The van der Waals surface area contributed by atoms with Crippen molar-refractivity contribution in [3.63, 3.8) is 0 Å². The van der Waals surface area contributed by atoms with E-state index < -0.39 is 0 Å². The zero-order chi connectivity index (χ0) is 15.8. The van der Waals surface area contributed by atoms with Gasteiger partial charge in [0.1, 0.15) is 4.83 Å². The number of hydrogen-bond donors (Lipinski definition) is 1. The summed E-state index contributed by atoms with van der Waals surface area (Å²) in [6, 6.07) is 2.94. The number of carbonyl (C=O) groups excluding carboxylic acids is 1. The Morgan fingerprint density at radius 1 is 1.17 bits per heavy atom. The lowest BCUT2D eigenvalue weighted by Crippen LogP contribution is -2.31. The minimum Gasteiger partial charge on any atom is -0.349 e. The second-order valence-electron chi connectivity index (χ2n) is 7.11. The molecule has 5 heteroatoms. The molecule has 0 bridgehead atoms. The van der Waals surface area contributed by atoms with E-state index in [2.05, 4.69) is 16.9 Å². The number of hydrogen-bond acceptors (Lipinski definition) is 3. The third kappa shape index (κ3) is 2.91. The van der Waals surface area contributed by atoms with Crippen LogP contribution in [-0.2, 0) is 0 Å². The van der Waals surface area contributed by atoms with Gasteiger partial charge in [-0.1, -0.05) is 32.1 Å². The van der Waals surface area contributed by atoms with Crippen LogP contribution in [0, 0.1) is 6.92 Å². The van der Waals surface area contributed by atoms with Crippen LogP contribution in [-0.4, -0.2) is 21.7 Å². The normalized spacial score (nSPS) is 20.4. The van der Waals surface area contributed by atoms with Crippen LogP contribution < -0.4 is 5.32 Å². The Bertz CT molecular complexity index is 705. The molecule has 0 radical (unpaired) electrons. The molecule has 1 amide bonds. The first kappa shape index (κ1) is 15.2. The SMILES string of the molecule is Cc1nn(C2CCCCC2)c2sc(C(=O)NC3CCCC3)cc12. The number of carbonyl (C=O) groups is 1. The fourth-order valence-corrected chi connectivity index (χ4v) is 5.22. The molecule has 0 aromatic carbocycles. The van der Waals surface area contributed by atoms with Gasteiger partial charge in [-0.15, -0.1) is 11.3 Å². The summed E-state index contributed by atoms with van der Waals surface area (Å²) in [5.74, 6) is 0.104. The van der Waals surface area contributed by atoms with Crippen LogP contribution in [0.1, 0.15) is 79.2 Å². The fourth-order valence-electron chi connectivity index (χ4n) is 4.08. The zero-order valence-corrected chi connectivity index (χ0v) is 14.6. The molecule has 0 spiro atoms. The molecule has 1 N–H and O–H groups in total. The van der Waals surface area contributed by atoms with E-state index in [-0.39, 0.29) is 5.91 Å². The second-order valence-corrected chi connectivity index (χ2v) is 8.14. The summed E-state index contributed by atoms with van der Waals surface area (Å²) in [7, 11) is 0. The predicted molar refractivity (Wildman–Crippen MR) is 94.2 cm³/mol. The quantitative estimate of drug-likeness (QED) is 0.894. The molecule has 0 saturated heterocycles. The van der Waals surface area contributed by atoms with Crippen molar-refractivity contribution >= 4 is 27.5 Å². The third-order valence-corrected chi connectivity index (χ3v) is 6.53. The monoisotopic (exact) mass is 331 g/mol. The van der Waals surface area contributed by atoms with E-state index >= 15 is 0 Å². The van der Waals surface area contributed by atoms with Crippen molar-refractivity contribution in [1.29, 1.82) is 0 Å². The van der Waals surface area contributed by atoms with E-state index in [0.717, 1.165) is 28.8 Å². The summed E-state index contributed by atoms with van der Waals surface area (Å²) in [5.41, 5.74) is 1.06. The van der Waals surface area contributed by atoms with E-state index in [1.807, 2.05) is 6.07 Å². The molecule has 0 atom stereocenters. The summed E-state index contributed by atoms with van der Waals surface area (Å²) in [5, 5.41) is 9.14. The standard InChI is InChI=1S/C18H25N3OS/c1-12-15-11-16(17(22)19-13-7-5-6-8-13)23-18(15)21(20-12)14-9-3-2-4-10-14/h11,13-14H,2-10H2,1H3,(H,19,22). The Kier molecular flexibility index (Phi) is 4.14. The molecule has 4 nitrogen and oxygen atoms in total. The summed E-state index contributed by atoms with van der Waals surface area (Å²) >= 11 is 1.62. The fraction of sp³-hybridized carbons (Fsp3) is 0.667. The highest BCUT2D eigenvalue weighted by Gasteiger charge is 2.24. The first-order chi connectivity index (χ1) is 11.2. The van der Waals surface area contributed by atoms with Crippen LogP contribution in [0.5, 0.6) is 0 Å². The molecule has 0 aliphatic heterocycles. The van der Waals surface area contributed by atoms with Crippen molar-refractivity contribution in [2.45, 2.75) is 76.8 Å². The highest BCUT2D eigenvalue weighted by atomic mass is 32.1. The Morgan fingerprint density at radius 2 is 1.87 bits per heavy atom. The van der Waals surface area contributed by atoms with E-state index in [9.17, 15) is 4.79 Å². The van der Waals surface area contributed by atoms with Crippen LogP contribution in [0.4, 0.5) is 0 Å². The topological polar surface area (TPSA) is 46.9 Å². The number of rotatable bonds is 3. The van der Waals surface area contributed by atoms with E-state index in [1.165, 1.54) is 49.8 Å². The van der Waals surface area contributed by atoms with Crippen LogP contribution in [0.3, 0.4) is 0 Å². The maximum absolute atomic E-state index is 12.5. The smallest absolute Gasteiger partial charge is 0.261 e. The van der Waals surface area contributed by atoms with Gasteiger partial charge in [0, 0.05) is 11.4 Å². The number of nitrogens with zero attached hydrogens (tertiary/aromatic N) is 2. The average Bonchev–Trinajstić information content (AvgIpc) is 3.27. The molecule has 2 heterocycles. The molecule has 0 unspecified atom stereocenters. The Hall–Kier alpha value is -1.36. The number of thiophene rings is 1. The number of aromatic nitrogens is 2. The molecule has 2 aromatic rings. The molecular formula is C18H25N3OS. The van der Waals surface area contributed by atoms with Crippen molar-refractivity contribution in [3.05, 3.63) is 16.6 Å². The molecule has 2 aliphatic carbocycles. The minimum absolute atomic E-state index is 0.104. The lowest BCUT2D eigenvalue weighted by molar-refractivity contribution is 0.0942. The zero-order valence-electron chi connectivity index (χ0n) is 13.8. The minimum atomic E-state index is 0.104. The van der Waals surface area contributed by atoms with Gasteiger partial charge < -0.3 is 5.32 Å². The van der Waals surface area contributed by atoms with Crippen LogP contribution in [0.25, 0.3) is 10.2 Å². The first-order valence-corrected chi connectivity index (χ1v) is 9.83. The van der Waals surface area contributed by atoms with Crippen LogP contribution in [0.2, 0.25) is 0 Å². The van der Waals surface area contributed by atoms with Crippen LogP contribution in [0.15, 0.2) is 6.07 Å². The highest BCUT2D eigenvalue weighted by molar-refractivity contribution is 7.20. The lowest BCUT2D eigenvalue weighted by Gasteiger charge is -2.22. The predicted octanol–water partition coefficient (Wildman–Crippen LogP) is 4.58. The van der Waals surface area contributed by atoms with Gasteiger partial charge in [0.2, 0.25) is 0 Å². The highest BCUT2D eigenvalue weighted by Crippen LogP contribution is 2.35. The van der Waals surface area contributed by atoms with Gasteiger partial charge in [0.15, 0.2) is 0 Å². The largest absolute Gasteiger partial charge is 0.349 e. The summed E-state index contributed by atoms with van der Waals surface area (Å²) in [4.78, 5) is 14.6. The Morgan fingerprint density at radius 3 is 2.61 bits per heavy atom. The maximum Gasteiger partial charge on any atom is 0.261 e. The van der Waals surface area contributed by atoms with Crippen molar-refractivity contribution in [2.75, 3.05) is 0 Å². The van der Waals surface area contributed by atoms with Gasteiger partial charge in [-0.05, 0) is 38.7 Å². The van der Waals surface area contributed by atoms with Crippen LogP contribution >= 0.6 is 11.3 Å². The number of nitrogens with one attached hydrogen (secondary N) is 1. The van der Waals surface area contributed by atoms with Gasteiger partial charge in [0.25, 0.3) is 5.91 Å². The molecule has 2 fully saturated rings. The second kappa shape index (κ2) is 6.27. The molecule has 124 valence electrons. The molecule has 4 rings (SSSR count). The molecule has 23 heavy (non-hydrogen) atoms. The average molecular weight is 331 g/mol. The van der Waals surface area contributed by atoms with Gasteiger partial charge >= 0.3 is 0 Å². The van der Waals surface area contributed by atoms with Crippen molar-refractivity contribution < 1.29 is 4.79 Å². The molecule has 2 aliphatic rings. The van der Waals surface area contributed by atoms with E-state index in [4.69, 9.17) is 5.10 Å². The lowest BCUT2D eigenvalue weighted by atomic mass is 9.96. The van der Waals surface area contributed by atoms with Gasteiger partial charge in [-0.3, -0.25) is 9.48 Å². The van der Waals surface area contributed by atoms with Crippen molar-refractivity contribution in [1.82, 2.24) is 15.1 Å². The number of fused-ring (bicyclic) bond motifs is 1. The summed E-state index contributed by atoms with van der Waals surface area (Å²) in [6.45, 7) is 2.06.